The Morgan fingerprint density at radius 1 is 1.18 bits per heavy atom. The van der Waals surface area contributed by atoms with Crippen molar-refractivity contribution < 1.29 is 19.1 Å². The molecule has 0 aromatic heterocycles. The molecule has 3 amide bonds. The van der Waals surface area contributed by atoms with Gasteiger partial charge in [-0.1, -0.05) is 0 Å². The van der Waals surface area contributed by atoms with E-state index in [0.717, 1.165) is 0 Å². The van der Waals surface area contributed by atoms with Crippen molar-refractivity contribution in [1.82, 2.24) is 16.0 Å². The highest BCUT2D eigenvalue weighted by Gasteiger charge is 2.15. The summed E-state index contributed by atoms with van der Waals surface area (Å²) in [7, 11) is 0. The van der Waals surface area contributed by atoms with Crippen molar-refractivity contribution in [1.29, 1.82) is 0 Å². The smallest absolute Gasteiger partial charge is 0.407 e. The molecule has 0 aliphatic heterocycles. The molecule has 17 heavy (non-hydrogen) atoms. The van der Waals surface area contributed by atoms with Crippen molar-refractivity contribution in [3.05, 3.63) is 0 Å². The molecule has 0 aromatic carbocycles. The highest BCUT2D eigenvalue weighted by Crippen LogP contribution is 2.05. The monoisotopic (exact) mass is 245 g/mol. The predicted octanol–water partition coefficient (Wildman–Crippen LogP) is -0.627. The topological polar surface area (TPSA) is 96.5 Å². The Labute approximate surface area is 100 Å². The Kier molecular flexibility index (Phi) is 6.69. The Balaban J connectivity index is 3.54. The van der Waals surface area contributed by atoms with Gasteiger partial charge in [0.25, 0.3) is 0 Å². The molecule has 0 fully saturated rings. The fraction of sp³-hybridized carbons (Fsp3) is 0.700. The van der Waals surface area contributed by atoms with Crippen LogP contribution in [0.3, 0.4) is 0 Å². The lowest BCUT2D eigenvalue weighted by molar-refractivity contribution is -0.122. The minimum Gasteiger partial charge on any atom is -0.444 e. The number of hydrogen-bond donors (Lipinski definition) is 3. The molecule has 7 nitrogen and oxygen atoms in total. The van der Waals surface area contributed by atoms with E-state index in [0.29, 0.717) is 6.41 Å². The van der Waals surface area contributed by atoms with Gasteiger partial charge in [0.15, 0.2) is 0 Å². The Hall–Kier alpha value is -1.79. The maximum absolute atomic E-state index is 11.2. The van der Waals surface area contributed by atoms with Gasteiger partial charge < -0.3 is 20.7 Å². The zero-order valence-electron chi connectivity index (χ0n) is 10.3. The minimum absolute atomic E-state index is 0.0735. The van der Waals surface area contributed by atoms with Gasteiger partial charge in [0.2, 0.25) is 12.3 Å². The number of carbonyl (C=O) groups excluding carboxylic acids is 3. The van der Waals surface area contributed by atoms with Crippen molar-refractivity contribution in [3.8, 4) is 0 Å². The first kappa shape index (κ1) is 15.2. The Morgan fingerprint density at radius 2 is 1.76 bits per heavy atom. The number of amides is 3. The van der Waals surface area contributed by atoms with Crippen molar-refractivity contribution in [2.45, 2.75) is 26.4 Å². The normalized spacial score (nSPS) is 10.3. The van der Waals surface area contributed by atoms with Gasteiger partial charge >= 0.3 is 6.09 Å². The zero-order chi connectivity index (χ0) is 13.3. The molecule has 0 radical (unpaired) electrons. The summed E-state index contributed by atoms with van der Waals surface area (Å²) in [4.78, 5) is 32.1. The Bertz CT molecular complexity index is 273. The van der Waals surface area contributed by atoms with Crippen molar-refractivity contribution in [2.24, 2.45) is 0 Å². The maximum Gasteiger partial charge on any atom is 0.407 e. The molecule has 0 spiro atoms. The van der Waals surface area contributed by atoms with Crippen LogP contribution in [0.2, 0.25) is 0 Å². The number of carbonyl (C=O) groups is 3. The standard InChI is InChI=1S/C10H19N3O4/c1-10(2,3)17-9(16)13-5-4-12-8(15)6-11-7-14/h7H,4-6H2,1-3H3,(H,11,14)(H,12,15)(H,13,16). The first-order valence-electron chi connectivity index (χ1n) is 5.26. The molecule has 0 aromatic rings. The molecular weight excluding hydrogens is 226 g/mol. The van der Waals surface area contributed by atoms with Gasteiger partial charge in [-0.25, -0.2) is 4.79 Å². The fourth-order valence-corrected chi connectivity index (χ4v) is 0.878. The van der Waals surface area contributed by atoms with E-state index in [9.17, 15) is 14.4 Å². The van der Waals surface area contributed by atoms with Gasteiger partial charge in [0.1, 0.15) is 5.60 Å². The van der Waals surface area contributed by atoms with Crippen LogP contribution in [0.5, 0.6) is 0 Å². The largest absolute Gasteiger partial charge is 0.444 e. The second-order valence-electron chi connectivity index (χ2n) is 4.28. The molecule has 0 bridgehead atoms. The second kappa shape index (κ2) is 7.48. The number of hydrogen-bond acceptors (Lipinski definition) is 4. The van der Waals surface area contributed by atoms with Gasteiger partial charge in [-0.2, -0.15) is 0 Å². The Morgan fingerprint density at radius 3 is 2.29 bits per heavy atom. The summed E-state index contributed by atoms with van der Waals surface area (Å²) in [5.41, 5.74) is -0.540. The zero-order valence-corrected chi connectivity index (χ0v) is 10.3. The summed E-state index contributed by atoms with van der Waals surface area (Å²) < 4.78 is 4.99. The molecule has 0 heterocycles. The molecule has 0 saturated carbocycles. The summed E-state index contributed by atoms with van der Waals surface area (Å²) in [5, 5.41) is 7.21. The van der Waals surface area contributed by atoms with E-state index in [2.05, 4.69) is 16.0 Å². The highest BCUT2D eigenvalue weighted by atomic mass is 16.6. The van der Waals surface area contributed by atoms with E-state index < -0.39 is 11.7 Å². The van der Waals surface area contributed by atoms with Gasteiger partial charge in [-0.15, -0.1) is 0 Å². The molecule has 0 saturated heterocycles. The summed E-state index contributed by atoms with van der Waals surface area (Å²) >= 11 is 0. The van der Waals surface area contributed by atoms with E-state index in [1.54, 1.807) is 20.8 Å². The third-order valence-corrected chi connectivity index (χ3v) is 1.46. The van der Waals surface area contributed by atoms with Crippen LogP contribution >= 0.6 is 0 Å². The van der Waals surface area contributed by atoms with E-state index >= 15 is 0 Å². The quantitative estimate of drug-likeness (QED) is 0.429. The first-order chi connectivity index (χ1) is 7.85. The van der Waals surface area contributed by atoms with Gasteiger partial charge in [0, 0.05) is 13.1 Å². The van der Waals surface area contributed by atoms with Gasteiger partial charge in [-0.05, 0) is 20.8 Å². The van der Waals surface area contributed by atoms with E-state index in [-0.39, 0.29) is 25.5 Å². The first-order valence-corrected chi connectivity index (χ1v) is 5.26. The average Bonchev–Trinajstić information content (AvgIpc) is 2.19. The summed E-state index contributed by atoms with van der Waals surface area (Å²) in [6.45, 7) is 5.76. The molecule has 7 heteroatoms. The van der Waals surface area contributed by atoms with Crippen LogP contribution in [0.4, 0.5) is 4.79 Å². The van der Waals surface area contributed by atoms with E-state index in [1.165, 1.54) is 0 Å². The van der Waals surface area contributed by atoms with Crippen LogP contribution in [0, 0.1) is 0 Å². The van der Waals surface area contributed by atoms with E-state index in [4.69, 9.17) is 4.74 Å². The number of alkyl carbamates (subject to hydrolysis) is 1. The third-order valence-electron chi connectivity index (χ3n) is 1.46. The molecule has 0 aliphatic carbocycles. The van der Waals surface area contributed by atoms with Gasteiger partial charge in [-0.3, -0.25) is 9.59 Å². The molecule has 3 N–H and O–H groups in total. The second-order valence-corrected chi connectivity index (χ2v) is 4.28. The lowest BCUT2D eigenvalue weighted by Crippen LogP contribution is -2.40. The summed E-state index contributed by atoms with van der Waals surface area (Å²) in [6.07, 6.45) is -0.0869. The molecular formula is C10H19N3O4. The average molecular weight is 245 g/mol. The van der Waals surface area contributed by atoms with Crippen LogP contribution in [0.15, 0.2) is 0 Å². The van der Waals surface area contributed by atoms with Crippen LogP contribution < -0.4 is 16.0 Å². The van der Waals surface area contributed by atoms with E-state index in [1.807, 2.05) is 0 Å². The molecule has 98 valence electrons. The molecule has 0 unspecified atom stereocenters. The molecule has 0 atom stereocenters. The SMILES string of the molecule is CC(C)(C)OC(=O)NCCNC(=O)CNC=O. The van der Waals surface area contributed by atoms with Crippen LogP contribution in [-0.2, 0) is 14.3 Å². The third kappa shape index (κ3) is 10.5. The van der Waals surface area contributed by atoms with Crippen molar-refractivity contribution in [3.63, 3.8) is 0 Å². The molecule has 0 aliphatic rings. The fourth-order valence-electron chi connectivity index (χ4n) is 0.878. The number of ether oxygens (including phenoxy) is 1. The summed E-state index contributed by atoms with van der Waals surface area (Å²) in [6, 6.07) is 0. The summed E-state index contributed by atoms with van der Waals surface area (Å²) in [5.74, 6) is -0.317. The number of nitrogens with one attached hydrogen (secondary N) is 3. The predicted molar refractivity (Wildman–Crippen MR) is 61.3 cm³/mol. The number of rotatable bonds is 6. The van der Waals surface area contributed by atoms with Crippen molar-refractivity contribution in [2.75, 3.05) is 19.6 Å². The van der Waals surface area contributed by atoms with Crippen LogP contribution in [0.1, 0.15) is 20.8 Å². The van der Waals surface area contributed by atoms with Crippen LogP contribution in [-0.4, -0.2) is 43.6 Å². The molecule has 0 rings (SSSR count). The van der Waals surface area contributed by atoms with Gasteiger partial charge in [0.05, 0.1) is 6.54 Å². The highest BCUT2D eigenvalue weighted by molar-refractivity contribution is 5.79. The maximum atomic E-state index is 11.2. The van der Waals surface area contributed by atoms with Crippen molar-refractivity contribution >= 4 is 18.4 Å². The minimum atomic E-state index is -0.540. The lowest BCUT2D eigenvalue weighted by Gasteiger charge is -2.19. The van der Waals surface area contributed by atoms with Crippen LogP contribution in [0.25, 0.3) is 0 Å². The lowest BCUT2D eigenvalue weighted by atomic mass is 10.2.